The Morgan fingerprint density at radius 2 is 1.75 bits per heavy atom. The van der Waals surface area contributed by atoms with E-state index in [4.69, 9.17) is 0 Å². The number of hydrogen-bond donors (Lipinski definition) is 0. The highest BCUT2D eigenvalue weighted by Gasteiger charge is 2.04. The number of methoxy groups -OCH3 is 1. The molecule has 0 saturated carbocycles. The van der Waals surface area contributed by atoms with E-state index in [1.807, 2.05) is 0 Å². The van der Waals surface area contributed by atoms with Crippen LogP contribution >= 0.6 is 0 Å². The Bertz CT molecular complexity index is 597. The molecule has 104 valence electrons. The lowest BCUT2D eigenvalue weighted by molar-refractivity contribution is -0.140. The van der Waals surface area contributed by atoms with E-state index in [-0.39, 0.29) is 5.97 Å². The third-order valence-electron chi connectivity index (χ3n) is 3.50. The predicted octanol–water partition coefficient (Wildman–Crippen LogP) is 4.08. The standard InChI is InChI=1S/C18H20O2/c1-13-4-5-14(2)17(12-13)16-9-6-15(7-10-16)8-11-18(19)20-3/h4-7,9-10,12H,8,11H2,1-3H3. The molecular formula is C18H20O2. The SMILES string of the molecule is COC(=O)CCc1ccc(-c2cc(C)ccc2C)cc1. The second kappa shape index (κ2) is 6.38. The molecular weight excluding hydrogens is 248 g/mol. The van der Waals surface area contributed by atoms with Crippen molar-refractivity contribution in [3.63, 3.8) is 0 Å². The summed E-state index contributed by atoms with van der Waals surface area (Å²) < 4.78 is 4.65. The van der Waals surface area contributed by atoms with Crippen LogP contribution in [0, 0.1) is 13.8 Å². The van der Waals surface area contributed by atoms with Gasteiger partial charge in [0.2, 0.25) is 0 Å². The molecule has 2 aromatic carbocycles. The van der Waals surface area contributed by atoms with Gasteiger partial charge in [-0.15, -0.1) is 0 Å². The molecule has 20 heavy (non-hydrogen) atoms. The second-order valence-electron chi connectivity index (χ2n) is 5.09. The highest BCUT2D eigenvalue weighted by molar-refractivity contribution is 5.70. The van der Waals surface area contributed by atoms with E-state index in [1.54, 1.807) is 0 Å². The average molecular weight is 268 g/mol. The Hall–Kier alpha value is -2.09. The van der Waals surface area contributed by atoms with Gasteiger partial charge in [0.25, 0.3) is 0 Å². The van der Waals surface area contributed by atoms with Crippen molar-refractivity contribution in [3.8, 4) is 11.1 Å². The number of esters is 1. The fourth-order valence-electron chi connectivity index (χ4n) is 2.25. The van der Waals surface area contributed by atoms with Gasteiger partial charge in [0.1, 0.15) is 0 Å². The largest absolute Gasteiger partial charge is 0.469 e. The minimum Gasteiger partial charge on any atom is -0.469 e. The van der Waals surface area contributed by atoms with Gasteiger partial charge in [0.15, 0.2) is 0 Å². The van der Waals surface area contributed by atoms with E-state index in [9.17, 15) is 4.79 Å². The summed E-state index contributed by atoms with van der Waals surface area (Å²) in [6.07, 6.45) is 1.15. The molecule has 2 nitrogen and oxygen atoms in total. The molecule has 0 spiro atoms. The number of benzene rings is 2. The molecule has 2 aromatic rings. The third kappa shape index (κ3) is 3.47. The molecule has 0 unspecified atom stereocenters. The maximum atomic E-state index is 11.1. The maximum Gasteiger partial charge on any atom is 0.305 e. The normalized spacial score (nSPS) is 10.3. The van der Waals surface area contributed by atoms with E-state index in [0.29, 0.717) is 6.42 Å². The fourth-order valence-corrected chi connectivity index (χ4v) is 2.25. The summed E-state index contributed by atoms with van der Waals surface area (Å²) in [4.78, 5) is 11.1. The van der Waals surface area contributed by atoms with Gasteiger partial charge in [-0.1, -0.05) is 48.0 Å². The molecule has 0 radical (unpaired) electrons. The van der Waals surface area contributed by atoms with Gasteiger partial charge in [-0.3, -0.25) is 4.79 Å². The number of rotatable bonds is 4. The van der Waals surface area contributed by atoms with E-state index in [1.165, 1.54) is 29.4 Å². The lowest BCUT2D eigenvalue weighted by Crippen LogP contribution is -2.01. The predicted molar refractivity (Wildman–Crippen MR) is 81.7 cm³/mol. The molecule has 0 aromatic heterocycles. The van der Waals surface area contributed by atoms with E-state index >= 15 is 0 Å². The van der Waals surface area contributed by atoms with Crippen molar-refractivity contribution in [3.05, 3.63) is 59.2 Å². The summed E-state index contributed by atoms with van der Waals surface area (Å²) in [7, 11) is 1.42. The van der Waals surface area contributed by atoms with Crippen LogP contribution < -0.4 is 0 Å². The molecule has 0 atom stereocenters. The van der Waals surface area contributed by atoms with Crippen LogP contribution in [0.4, 0.5) is 0 Å². The Morgan fingerprint density at radius 1 is 1.05 bits per heavy atom. The quantitative estimate of drug-likeness (QED) is 0.781. The van der Waals surface area contributed by atoms with Gasteiger partial charge in [-0.05, 0) is 42.5 Å². The minimum absolute atomic E-state index is 0.163. The number of aryl methyl sites for hydroxylation is 3. The lowest BCUT2D eigenvalue weighted by atomic mass is 9.97. The van der Waals surface area contributed by atoms with Crippen molar-refractivity contribution in [1.82, 2.24) is 0 Å². The molecule has 0 fully saturated rings. The lowest BCUT2D eigenvalue weighted by Gasteiger charge is -2.08. The van der Waals surface area contributed by atoms with Gasteiger partial charge in [0, 0.05) is 6.42 Å². The fraction of sp³-hybridized carbons (Fsp3) is 0.278. The van der Waals surface area contributed by atoms with Crippen molar-refractivity contribution in [1.29, 1.82) is 0 Å². The summed E-state index contributed by atoms with van der Waals surface area (Å²) in [5.74, 6) is -0.163. The first-order chi connectivity index (χ1) is 9.60. The molecule has 0 bridgehead atoms. The minimum atomic E-state index is -0.163. The average Bonchev–Trinajstić information content (AvgIpc) is 2.48. The molecule has 2 rings (SSSR count). The molecule has 0 heterocycles. The maximum absolute atomic E-state index is 11.1. The second-order valence-corrected chi connectivity index (χ2v) is 5.09. The Kier molecular flexibility index (Phi) is 4.57. The van der Waals surface area contributed by atoms with Crippen LogP contribution in [0.2, 0.25) is 0 Å². The molecule has 0 aliphatic heterocycles. The van der Waals surface area contributed by atoms with Gasteiger partial charge in [-0.2, -0.15) is 0 Å². The van der Waals surface area contributed by atoms with E-state index < -0.39 is 0 Å². The molecule has 0 saturated heterocycles. The van der Waals surface area contributed by atoms with Crippen LogP contribution in [0.3, 0.4) is 0 Å². The molecule has 0 aliphatic carbocycles. The van der Waals surface area contributed by atoms with Gasteiger partial charge in [-0.25, -0.2) is 0 Å². The number of hydrogen-bond acceptors (Lipinski definition) is 2. The van der Waals surface area contributed by atoms with E-state index in [2.05, 4.69) is 61.0 Å². The van der Waals surface area contributed by atoms with Crippen molar-refractivity contribution < 1.29 is 9.53 Å². The number of carbonyl (C=O) groups is 1. The summed E-state index contributed by atoms with van der Waals surface area (Å²) in [6, 6.07) is 14.9. The molecule has 0 aliphatic rings. The topological polar surface area (TPSA) is 26.3 Å². The smallest absolute Gasteiger partial charge is 0.305 e. The zero-order valence-electron chi connectivity index (χ0n) is 12.3. The zero-order valence-corrected chi connectivity index (χ0v) is 12.3. The summed E-state index contributed by atoms with van der Waals surface area (Å²) in [6.45, 7) is 4.23. The first-order valence-corrected chi connectivity index (χ1v) is 6.83. The Morgan fingerprint density at radius 3 is 2.40 bits per heavy atom. The highest BCUT2D eigenvalue weighted by atomic mass is 16.5. The van der Waals surface area contributed by atoms with Gasteiger partial charge in [0.05, 0.1) is 7.11 Å². The molecule has 2 heteroatoms. The van der Waals surface area contributed by atoms with Crippen molar-refractivity contribution >= 4 is 5.97 Å². The van der Waals surface area contributed by atoms with Crippen LogP contribution in [0.5, 0.6) is 0 Å². The highest BCUT2D eigenvalue weighted by Crippen LogP contribution is 2.25. The first kappa shape index (κ1) is 14.3. The summed E-state index contributed by atoms with van der Waals surface area (Å²) in [5, 5.41) is 0. The van der Waals surface area contributed by atoms with E-state index in [0.717, 1.165) is 12.0 Å². The van der Waals surface area contributed by atoms with Gasteiger partial charge >= 0.3 is 5.97 Å². The van der Waals surface area contributed by atoms with Gasteiger partial charge < -0.3 is 4.74 Å². The third-order valence-corrected chi connectivity index (χ3v) is 3.50. The first-order valence-electron chi connectivity index (χ1n) is 6.83. The zero-order chi connectivity index (χ0) is 14.5. The number of carbonyl (C=O) groups excluding carboxylic acids is 1. The van der Waals surface area contributed by atoms with Crippen LogP contribution in [0.25, 0.3) is 11.1 Å². The Labute approximate surface area is 120 Å². The summed E-state index contributed by atoms with van der Waals surface area (Å²) in [5.41, 5.74) is 6.18. The molecule has 0 amide bonds. The van der Waals surface area contributed by atoms with Crippen LogP contribution in [-0.4, -0.2) is 13.1 Å². The van der Waals surface area contributed by atoms with Crippen molar-refractivity contribution in [2.75, 3.05) is 7.11 Å². The monoisotopic (exact) mass is 268 g/mol. The van der Waals surface area contributed by atoms with Crippen molar-refractivity contribution in [2.45, 2.75) is 26.7 Å². The van der Waals surface area contributed by atoms with Crippen LogP contribution in [0.15, 0.2) is 42.5 Å². The number of ether oxygens (including phenoxy) is 1. The molecule has 0 N–H and O–H groups in total. The summed E-state index contributed by atoms with van der Waals surface area (Å²) >= 11 is 0. The van der Waals surface area contributed by atoms with Crippen LogP contribution in [-0.2, 0) is 16.0 Å². The van der Waals surface area contributed by atoms with Crippen molar-refractivity contribution in [2.24, 2.45) is 0 Å². The van der Waals surface area contributed by atoms with Crippen LogP contribution in [0.1, 0.15) is 23.1 Å². The Balaban J connectivity index is 2.15.